The number of benzene rings is 2. The summed E-state index contributed by atoms with van der Waals surface area (Å²) in [5, 5.41) is 10.9. The maximum atomic E-state index is 13.2. The normalized spacial score (nSPS) is 17.4. The molecule has 6 rings (SSSR count). The second kappa shape index (κ2) is 7.49. The van der Waals surface area contributed by atoms with E-state index in [1.807, 2.05) is 59.6 Å². The van der Waals surface area contributed by atoms with Crippen molar-refractivity contribution in [3.63, 3.8) is 0 Å². The second-order valence-electron chi connectivity index (χ2n) is 8.32. The fourth-order valence-corrected chi connectivity index (χ4v) is 4.80. The van der Waals surface area contributed by atoms with Crippen LogP contribution in [0.5, 0.6) is 0 Å². The third-order valence-electron chi connectivity index (χ3n) is 6.51. The van der Waals surface area contributed by atoms with Crippen molar-refractivity contribution in [2.75, 3.05) is 19.7 Å². The first kappa shape index (κ1) is 19.1. The number of para-hydroxylation sites is 1. The molecule has 2 aromatic heterocycles. The summed E-state index contributed by atoms with van der Waals surface area (Å²) in [6.45, 7) is 1.83. The van der Waals surface area contributed by atoms with Gasteiger partial charge in [-0.05, 0) is 37.0 Å². The van der Waals surface area contributed by atoms with Crippen LogP contribution in [-0.4, -0.2) is 55.9 Å². The first-order valence-electron chi connectivity index (χ1n) is 10.9. The number of nitrogens with zero attached hydrogens (tertiary/aromatic N) is 5. The van der Waals surface area contributed by atoms with Crippen LogP contribution in [0.4, 0.5) is 0 Å². The molecule has 1 N–H and O–H groups in total. The topological polar surface area (TPSA) is 96.9 Å². The van der Waals surface area contributed by atoms with Crippen LogP contribution in [0.15, 0.2) is 54.7 Å². The average Bonchev–Trinajstić information content (AvgIpc) is 3.34. The van der Waals surface area contributed by atoms with Gasteiger partial charge in [-0.1, -0.05) is 36.4 Å². The number of carbonyl (C=O) groups is 1. The number of hydrogen-bond donors (Lipinski definition) is 1. The summed E-state index contributed by atoms with van der Waals surface area (Å²) < 4.78 is 6.36. The van der Waals surface area contributed by atoms with Crippen LogP contribution in [0.2, 0.25) is 0 Å². The molecule has 4 aromatic rings. The number of ether oxygens (including phenoxy) is 1. The summed E-state index contributed by atoms with van der Waals surface area (Å²) in [6, 6.07) is 15.5. The van der Waals surface area contributed by atoms with E-state index in [4.69, 9.17) is 9.72 Å². The Morgan fingerprint density at radius 2 is 1.88 bits per heavy atom. The van der Waals surface area contributed by atoms with Crippen LogP contribution in [-0.2, 0) is 16.8 Å². The minimum absolute atomic E-state index is 0.0250. The van der Waals surface area contributed by atoms with Crippen LogP contribution in [0, 0.1) is 0 Å². The van der Waals surface area contributed by atoms with Gasteiger partial charge in [0.1, 0.15) is 16.6 Å². The fraction of sp³-hybridized carbons (Fsp3) is 0.292. The Hall–Kier alpha value is -3.65. The molecule has 2 aliphatic rings. The van der Waals surface area contributed by atoms with E-state index in [0.717, 1.165) is 23.2 Å². The number of aromatic amines is 1. The third kappa shape index (κ3) is 3.06. The summed E-state index contributed by atoms with van der Waals surface area (Å²) in [6.07, 6.45) is 4.15. The third-order valence-corrected chi connectivity index (χ3v) is 6.51. The van der Waals surface area contributed by atoms with Crippen molar-refractivity contribution in [1.29, 1.82) is 0 Å². The first-order chi connectivity index (χ1) is 15.7. The Labute approximate surface area is 184 Å². The Balaban J connectivity index is 1.28. The van der Waals surface area contributed by atoms with Gasteiger partial charge in [-0.3, -0.25) is 4.79 Å². The highest BCUT2D eigenvalue weighted by Gasteiger charge is 2.43. The molecule has 1 amide bonds. The van der Waals surface area contributed by atoms with Gasteiger partial charge in [0.25, 0.3) is 5.91 Å². The second-order valence-corrected chi connectivity index (χ2v) is 8.32. The number of fused-ring (bicyclic) bond motifs is 3. The summed E-state index contributed by atoms with van der Waals surface area (Å²) in [7, 11) is 0. The monoisotopic (exact) mass is 426 g/mol. The number of amides is 1. The van der Waals surface area contributed by atoms with Crippen LogP contribution >= 0.6 is 0 Å². The lowest BCUT2D eigenvalue weighted by Crippen LogP contribution is -2.49. The summed E-state index contributed by atoms with van der Waals surface area (Å²) in [5.74, 6) is 0.688. The highest BCUT2D eigenvalue weighted by molar-refractivity contribution is 6.04. The van der Waals surface area contributed by atoms with Crippen molar-refractivity contribution < 1.29 is 9.53 Å². The molecule has 0 atom stereocenters. The number of nitrogens with one attached hydrogen (secondary N) is 1. The maximum absolute atomic E-state index is 13.2. The predicted molar refractivity (Wildman–Crippen MR) is 118 cm³/mol. The van der Waals surface area contributed by atoms with Crippen molar-refractivity contribution in [3.8, 4) is 11.4 Å². The van der Waals surface area contributed by atoms with Gasteiger partial charge in [0.05, 0.1) is 17.9 Å². The molecule has 0 bridgehead atoms. The number of H-pyrrole nitrogens is 1. The quantitative estimate of drug-likeness (QED) is 0.529. The summed E-state index contributed by atoms with van der Waals surface area (Å²) >= 11 is 0. The summed E-state index contributed by atoms with van der Waals surface area (Å²) in [5.41, 5.74) is 4.51. The van der Waals surface area contributed by atoms with Crippen LogP contribution in [0.25, 0.3) is 22.4 Å². The minimum Gasteiger partial charge on any atom is -0.368 e. The van der Waals surface area contributed by atoms with Crippen molar-refractivity contribution in [2.24, 2.45) is 0 Å². The zero-order valence-corrected chi connectivity index (χ0v) is 17.5. The largest absolute Gasteiger partial charge is 0.368 e. The van der Waals surface area contributed by atoms with Crippen LogP contribution < -0.4 is 0 Å². The Bertz CT molecular complexity index is 1290. The molecular weight excluding hydrogens is 404 g/mol. The van der Waals surface area contributed by atoms with Crippen molar-refractivity contribution >= 4 is 16.9 Å². The highest BCUT2D eigenvalue weighted by Crippen LogP contribution is 2.41. The standard InChI is InChI=1S/C24H22N6O2/c31-23(18-7-4-8-19-20(18)28-29-27-19)30-12-10-24(11-13-30)21-17(9-14-32-24)15-25-22(26-21)16-5-2-1-3-6-16/h1-8,15H,9-14H2,(H,27,28,29). The number of piperidine rings is 1. The SMILES string of the molecule is O=C(c1cccc2n[nH]nc12)N1CCC2(CC1)OCCc1cnc(-c3ccccc3)nc12. The fourth-order valence-electron chi connectivity index (χ4n) is 4.80. The molecule has 0 saturated carbocycles. The average molecular weight is 426 g/mol. The number of hydrogen-bond acceptors (Lipinski definition) is 6. The molecular formula is C24H22N6O2. The van der Waals surface area contributed by atoms with Gasteiger partial charge in [0, 0.05) is 24.8 Å². The first-order valence-corrected chi connectivity index (χ1v) is 10.9. The lowest BCUT2D eigenvalue weighted by atomic mass is 9.83. The molecule has 8 nitrogen and oxygen atoms in total. The number of aromatic nitrogens is 5. The lowest BCUT2D eigenvalue weighted by molar-refractivity contribution is -0.0966. The Morgan fingerprint density at radius 3 is 2.72 bits per heavy atom. The van der Waals surface area contributed by atoms with Crippen LogP contribution in [0.3, 0.4) is 0 Å². The van der Waals surface area contributed by atoms with Gasteiger partial charge in [-0.25, -0.2) is 9.97 Å². The van der Waals surface area contributed by atoms with Gasteiger partial charge >= 0.3 is 0 Å². The lowest BCUT2D eigenvalue weighted by Gasteiger charge is -2.44. The van der Waals surface area contributed by atoms with Gasteiger partial charge in [-0.2, -0.15) is 15.4 Å². The van der Waals surface area contributed by atoms with E-state index in [1.165, 1.54) is 0 Å². The van der Waals surface area contributed by atoms with E-state index in [9.17, 15) is 4.79 Å². The zero-order valence-electron chi connectivity index (χ0n) is 17.5. The minimum atomic E-state index is -0.475. The van der Waals surface area contributed by atoms with Crippen LogP contribution in [0.1, 0.15) is 34.5 Å². The van der Waals surface area contributed by atoms with Crippen molar-refractivity contribution in [1.82, 2.24) is 30.3 Å². The van der Waals surface area contributed by atoms with E-state index in [2.05, 4.69) is 20.4 Å². The molecule has 2 aromatic carbocycles. The Morgan fingerprint density at radius 1 is 1.03 bits per heavy atom. The van der Waals surface area contributed by atoms with E-state index >= 15 is 0 Å². The Kier molecular flexibility index (Phi) is 4.46. The van der Waals surface area contributed by atoms with E-state index < -0.39 is 5.60 Å². The highest BCUT2D eigenvalue weighted by atomic mass is 16.5. The van der Waals surface area contributed by atoms with E-state index in [-0.39, 0.29) is 5.91 Å². The molecule has 0 aliphatic carbocycles. The molecule has 32 heavy (non-hydrogen) atoms. The maximum Gasteiger partial charge on any atom is 0.256 e. The molecule has 1 spiro atoms. The summed E-state index contributed by atoms with van der Waals surface area (Å²) in [4.78, 5) is 24.7. The number of likely N-dealkylation sites (tertiary alicyclic amines) is 1. The zero-order chi connectivity index (χ0) is 21.5. The molecule has 0 radical (unpaired) electrons. The van der Waals surface area contributed by atoms with Gasteiger partial charge < -0.3 is 9.64 Å². The molecule has 1 fully saturated rings. The predicted octanol–water partition coefficient (Wildman–Crippen LogP) is 3.12. The smallest absolute Gasteiger partial charge is 0.256 e. The van der Waals surface area contributed by atoms with Gasteiger partial charge in [0.15, 0.2) is 5.82 Å². The molecule has 8 heteroatoms. The van der Waals surface area contributed by atoms with E-state index in [1.54, 1.807) is 0 Å². The number of carbonyl (C=O) groups excluding carboxylic acids is 1. The van der Waals surface area contributed by atoms with Crippen molar-refractivity contribution in [2.45, 2.75) is 24.9 Å². The van der Waals surface area contributed by atoms with Crippen molar-refractivity contribution in [3.05, 3.63) is 71.5 Å². The van der Waals surface area contributed by atoms with Gasteiger partial charge in [-0.15, -0.1) is 0 Å². The van der Waals surface area contributed by atoms with E-state index in [0.29, 0.717) is 55.0 Å². The molecule has 1 saturated heterocycles. The van der Waals surface area contributed by atoms with Gasteiger partial charge in [0.2, 0.25) is 0 Å². The molecule has 2 aliphatic heterocycles. The molecule has 4 heterocycles. The molecule has 0 unspecified atom stereocenters. The molecule has 160 valence electrons. The number of rotatable bonds is 2.